The van der Waals surface area contributed by atoms with Crippen LogP contribution in [-0.4, -0.2) is 4.83 Å². The largest absolute Gasteiger partial charge is 0.301 e. The molecule has 0 aliphatic rings. The van der Waals surface area contributed by atoms with Gasteiger partial charge in [-0.05, 0) is 22.4 Å². The SMILES string of the molecule is CCCCCC(F)(F)Br. The molecule has 0 bridgehead atoms. The van der Waals surface area contributed by atoms with Gasteiger partial charge in [0, 0.05) is 6.42 Å². The summed E-state index contributed by atoms with van der Waals surface area (Å²) in [6.07, 6.45) is 2.44. The Kier molecular flexibility index (Phi) is 4.36. The molecule has 0 aromatic rings. The van der Waals surface area contributed by atoms with Gasteiger partial charge < -0.3 is 0 Å². The summed E-state index contributed by atoms with van der Waals surface area (Å²) in [6.45, 7) is 1.99. The lowest BCUT2D eigenvalue weighted by atomic mass is 10.2. The summed E-state index contributed by atoms with van der Waals surface area (Å²) in [6, 6.07) is 0. The van der Waals surface area contributed by atoms with Gasteiger partial charge in [0.1, 0.15) is 0 Å². The maximum absolute atomic E-state index is 12.0. The van der Waals surface area contributed by atoms with Gasteiger partial charge in [0.25, 0.3) is 0 Å². The minimum absolute atomic E-state index is 0.0408. The molecule has 0 aliphatic heterocycles. The van der Waals surface area contributed by atoms with E-state index >= 15 is 0 Å². The number of rotatable bonds is 4. The first-order valence-electron chi connectivity index (χ1n) is 3.13. The van der Waals surface area contributed by atoms with Gasteiger partial charge in [-0.3, -0.25) is 0 Å². The maximum Gasteiger partial charge on any atom is 0.301 e. The van der Waals surface area contributed by atoms with Crippen molar-refractivity contribution in [2.75, 3.05) is 0 Å². The first kappa shape index (κ1) is 9.34. The van der Waals surface area contributed by atoms with Crippen LogP contribution in [-0.2, 0) is 0 Å². The van der Waals surface area contributed by atoms with E-state index in [4.69, 9.17) is 0 Å². The van der Waals surface area contributed by atoms with Crippen LogP contribution in [0, 0.1) is 0 Å². The highest BCUT2D eigenvalue weighted by atomic mass is 79.9. The molecule has 56 valence electrons. The smallest absolute Gasteiger partial charge is 0.194 e. The highest BCUT2D eigenvalue weighted by Gasteiger charge is 2.21. The Labute approximate surface area is 62.8 Å². The predicted molar refractivity (Wildman–Crippen MR) is 38.0 cm³/mol. The summed E-state index contributed by atoms with van der Waals surface area (Å²) in [5, 5.41) is 0. The zero-order valence-corrected chi connectivity index (χ0v) is 7.05. The van der Waals surface area contributed by atoms with E-state index in [1.807, 2.05) is 6.92 Å². The van der Waals surface area contributed by atoms with Crippen molar-refractivity contribution in [1.29, 1.82) is 0 Å². The van der Waals surface area contributed by atoms with Gasteiger partial charge >= 0.3 is 4.83 Å². The second kappa shape index (κ2) is 4.20. The molecule has 0 unspecified atom stereocenters. The second-order valence-electron chi connectivity index (χ2n) is 2.07. The average Bonchev–Trinajstić information content (AvgIpc) is 1.63. The van der Waals surface area contributed by atoms with Crippen LogP contribution in [0.25, 0.3) is 0 Å². The third-order valence-electron chi connectivity index (χ3n) is 1.06. The molecule has 0 aromatic heterocycles. The highest BCUT2D eigenvalue weighted by molar-refractivity contribution is 9.09. The Hall–Kier alpha value is 0.340. The van der Waals surface area contributed by atoms with Gasteiger partial charge in [0.2, 0.25) is 0 Å². The molecule has 9 heavy (non-hydrogen) atoms. The first-order chi connectivity index (χ1) is 4.06. The number of unbranched alkanes of at least 4 members (excludes halogenated alkanes) is 2. The van der Waals surface area contributed by atoms with Crippen molar-refractivity contribution in [3.8, 4) is 0 Å². The zero-order valence-electron chi connectivity index (χ0n) is 5.46. The molecule has 0 aromatic carbocycles. The van der Waals surface area contributed by atoms with Gasteiger partial charge in [-0.2, -0.15) is 8.78 Å². The minimum Gasteiger partial charge on any atom is -0.194 e. The molecule has 0 atom stereocenters. The van der Waals surface area contributed by atoms with Gasteiger partial charge in [0.05, 0.1) is 0 Å². The molecule has 0 saturated heterocycles. The molecule has 0 N–H and O–H groups in total. The van der Waals surface area contributed by atoms with Crippen LogP contribution in [0.5, 0.6) is 0 Å². The van der Waals surface area contributed by atoms with Crippen LogP contribution in [0.2, 0.25) is 0 Å². The van der Waals surface area contributed by atoms with E-state index < -0.39 is 4.83 Å². The Balaban J connectivity index is 3.07. The van der Waals surface area contributed by atoms with E-state index in [1.54, 1.807) is 0 Å². The Morgan fingerprint density at radius 3 is 2.22 bits per heavy atom. The fourth-order valence-electron chi connectivity index (χ4n) is 0.575. The number of halogens is 3. The molecule has 0 spiro atoms. The van der Waals surface area contributed by atoms with Crippen LogP contribution in [0.15, 0.2) is 0 Å². The lowest BCUT2D eigenvalue weighted by Gasteiger charge is -2.05. The Morgan fingerprint density at radius 1 is 1.33 bits per heavy atom. The summed E-state index contributed by atoms with van der Waals surface area (Å²) >= 11 is 2.28. The Morgan fingerprint density at radius 2 is 1.89 bits per heavy atom. The summed E-state index contributed by atoms with van der Waals surface area (Å²) < 4.78 is 23.9. The molecule has 0 rings (SSSR count). The van der Waals surface area contributed by atoms with E-state index in [2.05, 4.69) is 15.9 Å². The molecule has 0 heterocycles. The monoisotopic (exact) mass is 200 g/mol. The quantitative estimate of drug-likeness (QED) is 0.481. The van der Waals surface area contributed by atoms with Crippen molar-refractivity contribution in [2.45, 2.75) is 37.4 Å². The van der Waals surface area contributed by atoms with Crippen LogP contribution < -0.4 is 0 Å². The lowest BCUT2D eigenvalue weighted by Crippen LogP contribution is -2.03. The van der Waals surface area contributed by atoms with Gasteiger partial charge in [-0.1, -0.05) is 19.8 Å². The average molecular weight is 201 g/mol. The predicted octanol–water partition coefficient (Wildman–Crippen LogP) is 3.55. The van der Waals surface area contributed by atoms with E-state index in [0.29, 0.717) is 6.42 Å². The number of hydrogen-bond donors (Lipinski definition) is 0. The lowest BCUT2D eigenvalue weighted by molar-refractivity contribution is 0.101. The van der Waals surface area contributed by atoms with Crippen LogP contribution in [0.3, 0.4) is 0 Å². The molecule has 0 radical (unpaired) electrons. The van der Waals surface area contributed by atoms with Crippen LogP contribution >= 0.6 is 15.9 Å². The van der Waals surface area contributed by atoms with Crippen molar-refractivity contribution >= 4 is 15.9 Å². The van der Waals surface area contributed by atoms with Gasteiger partial charge in [0.15, 0.2) is 0 Å². The molecule has 3 heteroatoms. The summed E-state index contributed by atoms with van der Waals surface area (Å²) in [5.41, 5.74) is 0. The first-order valence-corrected chi connectivity index (χ1v) is 3.92. The highest BCUT2D eigenvalue weighted by Crippen LogP contribution is 2.27. The van der Waals surface area contributed by atoms with Crippen molar-refractivity contribution in [1.82, 2.24) is 0 Å². The molecule has 0 amide bonds. The molecule has 0 saturated carbocycles. The molecular formula is C6H11BrF2. The van der Waals surface area contributed by atoms with Gasteiger partial charge in [-0.25, -0.2) is 0 Å². The third-order valence-corrected chi connectivity index (χ3v) is 1.46. The summed E-state index contributed by atoms with van der Waals surface area (Å²) in [7, 11) is 0. The van der Waals surface area contributed by atoms with Crippen molar-refractivity contribution < 1.29 is 8.78 Å². The minimum atomic E-state index is -2.64. The second-order valence-corrected chi connectivity index (χ2v) is 3.23. The standard InChI is InChI=1S/C6H11BrF2/c1-2-3-4-5-6(7,8)9/h2-5H2,1H3. The number of hydrogen-bond acceptors (Lipinski definition) is 0. The van der Waals surface area contributed by atoms with Crippen molar-refractivity contribution in [3.63, 3.8) is 0 Å². The van der Waals surface area contributed by atoms with E-state index in [0.717, 1.165) is 12.8 Å². The molecule has 0 fully saturated rings. The molecule has 0 nitrogen and oxygen atoms in total. The van der Waals surface area contributed by atoms with E-state index in [-0.39, 0.29) is 6.42 Å². The third kappa shape index (κ3) is 8.34. The fraction of sp³-hybridized carbons (Fsp3) is 1.00. The van der Waals surface area contributed by atoms with Crippen molar-refractivity contribution in [2.24, 2.45) is 0 Å². The Bertz CT molecular complexity index is 67.9. The van der Waals surface area contributed by atoms with Crippen molar-refractivity contribution in [3.05, 3.63) is 0 Å². The molecular weight excluding hydrogens is 190 g/mol. The van der Waals surface area contributed by atoms with E-state index in [1.165, 1.54) is 0 Å². The normalized spacial score (nSPS) is 12.0. The topological polar surface area (TPSA) is 0 Å². The van der Waals surface area contributed by atoms with Gasteiger partial charge in [-0.15, -0.1) is 0 Å². The molecule has 0 aliphatic carbocycles. The summed E-state index contributed by atoms with van der Waals surface area (Å²) in [4.78, 5) is -2.64. The zero-order chi connectivity index (χ0) is 7.33. The fourth-order valence-corrected chi connectivity index (χ4v) is 0.856. The summed E-state index contributed by atoms with van der Waals surface area (Å²) in [5.74, 6) is 0. The van der Waals surface area contributed by atoms with E-state index in [9.17, 15) is 8.78 Å². The number of alkyl halides is 3. The maximum atomic E-state index is 12.0. The van der Waals surface area contributed by atoms with Crippen LogP contribution in [0.1, 0.15) is 32.6 Å². The van der Waals surface area contributed by atoms with Crippen LogP contribution in [0.4, 0.5) is 8.78 Å².